The van der Waals surface area contributed by atoms with Crippen molar-refractivity contribution in [3.05, 3.63) is 65.5 Å². The van der Waals surface area contributed by atoms with E-state index in [4.69, 9.17) is 5.21 Å². The Morgan fingerprint density at radius 3 is 2.25 bits per heavy atom. The zero-order valence-corrected chi connectivity index (χ0v) is 10.5. The summed E-state index contributed by atoms with van der Waals surface area (Å²) in [6.07, 6.45) is 3.34. The van der Waals surface area contributed by atoms with E-state index in [-0.39, 0.29) is 11.5 Å². The van der Waals surface area contributed by atoms with Gasteiger partial charge in [0.2, 0.25) is 0 Å². The monoisotopic (exact) mass is 271 g/mol. The number of carbonyl (C=O) groups excluding carboxylic acids is 2. The fourth-order valence-corrected chi connectivity index (χ4v) is 1.62. The predicted octanol–water partition coefficient (Wildman–Crippen LogP) is 1.13. The third-order valence-electron chi connectivity index (χ3n) is 2.69. The number of hydroxylamine groups is 1. The summed E-state index contributed by atoms with van der Waals surface area (Å²) in [7, 11) is 0. The summed E-state index contributed by atoms with van der Waals surface area (Å²) in [5.41, 5.74) is 3.14. The molecule has 2 aromatic rings. The zero-order chi connectivity index (χ0) is 14.4. The first-order chi connectivity index (χ1) is 9.70. The van der Waals surface area contributed by atoms with E-state index in [1.807, 2.05) is 6.07 Å². The number of nitrogens with one attached hydrogen (secondary N) is 2. The van der Waals surface area contributed by atoms with Gasteiger partial charge in [0.05, 0.1) is 0 Å². The Morgan fingerprint density at radius 1 is 1.05 bits per heavy atom. The Hall–Kier alpha value is -2.73. The van der Waals surface area contributed by atoms with Gasteiger partial charge in [-0.2, -0.15) is 0 Å². The number of hydrogen-bond donors (Lipinski definition) is 3. The van der Waals surface area contributed by atoms with E-state index >= 15 is 0 Å². The standard InChI is InChI=1S/C14H13N3O3/c18-13(16-9-10-2-1-7-15-8-10)11-3-5-12(6-4-11)14(19)17-20/h1-8,20H,9H2,(H,16,18)(H,17,19). The molecule has 2 rings (SSSR count). The Morgan fingerprint density at radius 2 is 1.70 bits per heavy atom. The van der Waals surface area contributed by atoms with Crippen molar-refractivity contribution < 1.29 is 14.8 Å². The molecule has 1 heterocycles. The number of carbonyl (C=O) groups is 2. The zero-order valence-electron chi connectivity index (χ0n) is 10.5. The molecule has 6 heteroatoms. The molecule has 20 heavy (non-hydrogen) atoms. The fraction of sp³-hybridized carbons (Fsp3) is 0.0714. The second kappa shape index (κ2) is 6.44. The summed E-state index contributed by atoms with van der Waals surface area (Å²) in [5.74, 6) is -0.864. The number of nitrogens with zero attached hydrogens (tertiary/aromatic N) is 1. The van der Waals surface area contributed by atoms with Crippen molar-refractivity contribution in [3.8, 4) is 0 Å². The number of hydrogen-bond acceptors (Lipinski definition) is 4. The average Bonchev–Trinajstić information content (AvgIpc) is 2.53. The topological polar surface area (TPSA) is 91.3 Å². The molecular weight excluding hydrogens is 258 g/mol. The van der Waals surface area contributed by atoms with Crippen LogP contribution < -0.4 is 10.8 Å². The molecule has 0 aliphatic heterocycles. The highest BCUT2D eigenvalue weighted by Crippen LogP contribution is 2.05. The second-order valence-electron chi connectivity index (χ2n) is 4.06. The number of pyridine rings is 1. The van der Waals surface area contributed by atoms with Crippen molar-refractivity contribution in [1.82, 2.24) is 15.8 Å². The van der Waals surface area contributed by atoms with Crippen LogP contribution in [0.3, 0.4) is 0 Å². The molecule has 0 bridgehead atoms. The van der Waals surface area contributed by atoms with Crippen molar-refractivity contribution in [2.45, 2.75) is 6.54 Å². The van der Waals surface area contributed by atoms with Gasteiger partial charge in [0.25, 0.3) is 11.8 Å². The van der Waals surface area contributed by atoms with Crippen molar-refractivity contribution in [2.75, 3.05) is 0 Å². The molecule has 3 N–H and O–H groups in total. The van der Waals surface area contributed by atoms with E-state index in [1.165, 1.54) is 29.7 Å². The molecule has 0 unspecified atom stereocenters. The molecule has 0 spiro atoms. The van der Waals surface area contributed by atoms with Gasteiger partial charge in [-0.25, -0.2) is 5.48 Å². The fourth-order valence-electron chi connectivity index (χ4n) is 1.62. The minimum absolute atomic E-state index is 0.246. The largest absolute Gasteiger partial charge is 0.348 e. The van der Waals surface area contributed by atoms with Crippen molar-refractivity contribution in [1.29, 1.82) is 0 Å². The molecule has 1 aromatic heterocycles. The lowest BCUT2D eigenvalue weighted by atomic mass is 10.1. The predicted molar refractivity (Wildman–Crippen MR) is 71.1 cm³/mol. The van der Waals surface area contributed by atoms with E-state index < -0.39 is 5.91 Å². The van der Waals surface area contributed by atoms with Gasteiger partial charge in [-0.1, -0.05) is 6.07 Å². The lowest BCUT2D eigenvalue weighted by molar-refractivity contribution is 0.0706. The lowest BCUT2D eigenvalue weighted by Gasteiger charge is -2.05. The number of benzene rings is 1. The van der Waals surface area contributed by atoms with Crippen molar-refractivity contribution in [3.63, 3.8) is 0 Å². The molecule has 0 fully saturated rings. The highest BCUT2D eigenvalue weighted by molar-refractivity contribution is 5.97. The van der Waals surface area contributed by atoms with Crippen LogP contribution in [0.25, 0.3) is 0 Å². The summed E-state index contributed by atoms with van der Waals surface area (Å²) in [6.45, 7) is 0.381. The smallest absolute Gasteiger partial charge is 0.274 e. The minimum atomic E-state index is -0.618. The molecule has 6 nitrogen and oxygen atoms in total. The normalized spacial score (nSPS) is 9.85. The maximum Gasteiger partial charge on any atom is 0.274 e. The van der Waals surface area contributed by atoms with Gasteiger partial charge in [-0.05, 0) is 35.9 Å². The summed E-state index contributed by atoms with van der Waals surface area (Å²) in [4.78, 5) is 27.0. The summed E-state index contributed by atoms with van der Waals surface area (Å²) in [5, 5.41) is 11.2. The van der Waals surface area contributed by atoms with Gasteiger partial charge < -0.3 is 5.32 Å². The van der Waals surface area contributed by atoms with Gasteiger partial charge in [-0.3, -0.25) is 19.8 Å². The molecule has 0 radical (unpaired) electrons. The Balaban J connectivity index is 1.97. The van der Waals surface area contributed by atoms with Gasteiger partial charge in [-0.15, -0.1) is 0 Å². The summed E-state index contributed by atoms with van der Waals surface area (Å²) < 4.78 is 0. The molecule has 0 atom stereocenters. The highest BCUT2D eigenvalue weighted by Gasteiger charge is 2.08. The first-order valence-corrected chi connectivity index (χ1v) is 5.92. The van der Waals surface area contributed by atoms with Gasteiger partial charge in [0.1, 0.15) is 0 Å². The first-order valence-electron chi connectivity index (χ1n) is 5.92. The van der Waals surface area contributed by atoms with Crippen molar-refractivity contribution in [2.24, 2.45) is 0 Å². The molecule has 2 amide bonds. The second-order valence-corrected chi connectivity index (χ2v) is 4.06. The number of rotatable bonds is 4. The van der Waals surface area contributed by atoms with E-state index in [2.05, 4.69) is 10.3 Å². The Kier molecular flexibility index (Phi) is 4.41. The number of amides is 2. The van der Waals surface area contributed by atoms with Crippen molar-refractivity contribution >= 4 is 11.8 Å². The molecule has 0 aliphatic rings. The maximum atomic E-state index is 11.9. The van der Waals surface area contributed by atoms with Gasteiger partial charge >= 0.3 is 0 Å². The molecule has 1 aromatic carbocycles. The highest BCUT2D eigenvalue weighted by atomic mass is 16.5. The summed E-state index contributed by atoms with van der Waals surface area (Å²) >= 11 is 0. The Labute approximate surface area is 115 Å². The molecule has 0 saturated heterocycles. The van der Waals surface area contributed by atoms with Crippen LogP contribution in [-0.2, 0) is 6.54 Å². The molecule has 102 valence electrons. The summed E-state index contributed by atoms with van der Waals surface area (Å²) in [6, 6.07) is 9.62. The van der Waals surface area contributed by atoms with E-state index in [1.54, 1.807) is 18.5 Å². The third-order valence-corrected chi connectivity index (χ3v) is 2.69. The van der Waals surface area contributed by atoms with Crippen LogP contribution in [0.4, 0.5) is 0 Å². The quantitative estimate of drug-likeness (QED) is 0.574. The SMILES string of the molecule is O=C(NO)c1ccc(C(=O)NCc2cccnc2)cc1. The average molecular weight is 271 g/mol. The van der Waals surface area contributed by atoms with E-state index in [9.17, 15) is 9.59 Å². The third kappa shape index (κ3) is 3.39. The molecular formula is C14H13N3O3. The lowest BCUT2D eigenvalue weighted by Crippen LogP contribution is -2.23. The van der Waals surface area contributed by atoms with Crippen LogP contribution >= 0.6 is 0 Å². The minimum Gasteiger partial charge on any atom is -0.348 e. The van der Waals surface area contributed by atoms with E-state index in [0.29, 0.717) is 12.1 Å². The number of aromatic nitrogens is 1. The van der Waals surface area contributed by atoms with Crippen LogP contribution in [-0.4, -0.2) is 22.0 Å². The first kappa shape index (κ1) is 13.7. The van der Waals surface area contributed by atoms with Crippen LogP contribution in [0.15, 0.2) is 48.8 Å². The maximum absolute atomic E-state index is 11.9. The van der Waals surface area contributed by atoms with E-state index in [0.717, 1.165) is 5.56 Å². The molecule has 0 aliphatic carbocycles. The van der Waals surface area contributed by atoms with Crippen LogP contribution in [0.1, 0.15) is 26.3 Å². The van der Waals surface area contributed by atoms with Crippen LogP contribution in [0.5, 0.6) is 0 Å². The van der Waals surface area contributed by atoms with Crippen LogP contribution in [0, 0.1) is 0 Å². The van der Waals surface area contributed by atoms with Gasteiger partial charge in [0, 0.05) is 30.1 Å². The van der Waals surface area contributed by atoms with Crippen LogP contribution in [0.2, 0.25) is 0 Å². The Bertz CT molecular complexity index is 597. The van der Waals surface area contributed by atoms with Gasteiger partial charge in [0.15, 0.2) is 0 Å². The molecule has 0 saturated carbocycles.